The number of fused-ring (bicyclic) bond motifs is 1. The summed E-state index contributed by atoms with van der Waals surface area (Å²) in [5.74, 6) is -1.10. The highest BCUT2D eigenvalue weighted by Crippen LogP contribution is 2.68. The first kappa shape index (κ1) is 57.7. The van der Waals surface area contributed by atoms with Crippen molar-refractivity contribution in [3.63, 3.8) is 0 Å². The average molecular weight is 1150 g/mol. The zero-order valence-corrected chi connectivity index (χ0v) is 42.3. The Morgan fingerprint density at radius 2 is 1.32 bits per heavy atom. The second kappa shape index (κ2) is 22.6. The number of nitrogens with zero attached hydrogens (tertiary/aromatic N) is 7. The van der Waals surface area contributed by atoms with E-state index < -0.39 is 142 Å². The van der Waals surface area contributed by atoms with E-state index in [0.717, 1.165) is 53.0 Å². The number of anilines is 5. The molecule has 7 rings (SSSR count). The third kappa shape index (κ3) is 12.7. The summed E-state index contributed by atoms with van der Waals surface area (Å²) in [7, 11) is -20.0. The fourth-order valence-electron chi connectivity index (χ4n) is 7.88. The van der Waals surface area contributed by atoms with E-state index >= 15 is 0 Å². The largest absolute Gasteiger partial charge is 0.490 e. The first-order valence-electron chi connectivity index (χ1n) is 21.1. The predicted molar refractivity (Wildman–Crippen MR) is 247 cm³/mol. The molecule has 16 N–H and O–H groups in total. The number of phosphoric ester groups is 3. The molecule has 0 aromatic carbocycles. The first-order chi connectivity index (χ1) is 35.1. The molecular weight excluding hydrogens is 1100 g/mol. The van der Waals surface area contributed by atoms with Crippen molar-refractivity contribution in [2.75, 3.05) is 68.5 Å². The monoisotopic (exact) mass is 1150 g/mol. The lowest BCUT2D eigenvalue weighted by Gasteiger charge is -2.29. The molecule has 0 aliphatic carbocycles. The highest BCUT2D eigenvalue weighted by atomic mass is 31.3. The molecule has 16 atom stereocenters. The van der Waals surface area contributed by atoms with E-state index in [9.17, 15) is 67.5 Å². The van der Waals surface area contributed by atoms with Crippen LogP contribution in [-0.2, 0) is 68.7 Å². The Labute approximate surface area is 418 Å². The van der Waals surface area contributed by atoms with E-state index in [-0.39, 0.29) is 40.4 Å². The van der Waals surface area contributed by atoms with Gasteiger partial charge in [-0.1, -0.05) is 6.58 Å². The van der Waals surface area contributed by atoms with Crippen molar-refractivity contribution in [3.8, 4) is 0 Å². The summed E-state index contributed by atoms with van der Waals surface area (Å²) < 4.78 is 111. The van der Waals surface area contributed by atoms with Crippen LogP contribution < -0.4 is 44.2 Å². The number of methoxy groups -OCH3 is 2. The molecule has 0 radical (unpaired) electrons. The molecule has 4 aromatic rings. The van der Waals surface area contributed by atoms with E-state index in [4.69, 9.17) is 59.0 Å². The minimum Gasteiger partial charge on any atom is -0.387 e. The number of phosphoric acid groups is 4. The van der Waals surface area contributed by atoms with Gasteiger partial charge in [0.15, 0.2) is 35.7 Å². The van der Waals surface area contributed by atoms with Gasteiger partial charge in [-0.05, 0) is 6.07 Å². The molecule has 3 aliphatic heterocycles. The maximum atomic E-state index is 13.6. The number of imidazole rings is 1. The van der Waals surface area contributed by atoms with Crippen LogP contribution in [0.3, 0.4) is 0 Å². The Morgan fingerprint density at radius 3 is 1.92 bits per heavy atom. The number of nitrogens with one attached hydrogen (secondary N) is 3. The molecule has 0 spiro atoms. The van der Waals surface area contributed by atoms with Crippen LogP contribution in [0.15, 0.2) is 45.8 Å². The molecule has 0 saturated carbocycles. The van der Waals surface area contributed by atoms with Crippen LogP contribution in [0.5, 0.6) is 0 Å². The van der Waals surface area contributed by atoms with E-state index in [1.807, 2.05) is 0 Å². The first-order valence-corrected chi connectivity index (χ1v) is 27.1. The van der Waals surface area contributed by atoms with Crippen molar-refractivity contribution in [3.05, 3.63) is 62.6 Å². The summed E-state index contributed by atoms with van der Waals surface area (Å²) in [6.45, 7) is 0.227. The molecule has 4 aromatic heterocycles. The van der Waals surface area contributed by atoms with Crippen LogP contribution in [0.2, 0.25) is 0 Å². The normalized spacial score (nSPS) is 30.1. The summed E-state index contributed by atoms with van der Waals surface area (Å²) in [4.78, 5) is 101. The molecule has 3 fully saturated rings. The van der Waals surface area contributed by atoms with E-state index in [1.165, 1.54) is 7.05 Å². The molecule has 3 aliphatic rings. The van der Waals surface area contributed by atoms with E-state index in [2.05, 4.69) is 50.4 Å². The van der Waals surface area contributed by atoms with Crippen LogP contribution in [0.4, 0.5) is 29.2 Å². The van der Waals surface area contributed by atoms with Gasteiger partial charge in [0.1, 0.15) is 66.4 Å². The molecule has 75 heavy (non-hydrogen) atoms. The number of aromatic nitrogens is 8. The lowest BCUT2D eigenvalue weighted by Crippen LogP contribution is -2.43. The van der Waals surface area contributed by atoms with Crippen LogP contribution in [0, 0.1) is 0 Å². The molecule has 416 valence electrons. The summed E-state index contributed by atoms with van der Waals surface area (Å²) in [5.41, 5.74) is 13.9. The van der Waals surface area contributed by atoms with Crippen LogP contribution in [-0.4, -0.2) is 176 Å². The lowest BCUT2D eigenvalue weighted by atomic mass is 10.1. The summed E-state index contributed by atoms with van der Waals surface area (Å²) in [5, 5.41) is 35.3. The highest BCUT2D eigenvalue weighted by Gasteiger charge is 2.54. The van der Waals surface area contributed by atoms with Gasteiger partial charge >= 0.3 is 37.0 Å². The number of rotatable bonds is 23. The standard InChI is InChI=1S/C33H49N13O25P4/c1-5-44(24-16(37-2)26(50)42-31(35)40-24)29-20(49)21(61-3)13(67-29)9-64-73(55,56)70-75(59,60)71-74(57,58)65-10-14-22(23(62-4)30(68-14)45-7-6-15(34)39-33(45)52)69-72(53,54)63-8-12-18(47)19(48)28(66-12)46-11-38-17-25(46)41-32(36)43-27(17)51/h5-7,11-14,18-23,28-30,37,47-49H,1,8-10H2,2-4H3,(H,53,54)(H,55,56)(H,57,58)(H,59,60)(H2,34,39,52)(H3,35,40,42,50)(H3,36,41,43,51)/t12-,13+,14-,18+,19+,20?,21?,22+,23+,28-,29+,30-/m1/s1. The number of hydrogen-bond donors (Lipinski definition) is 13. The number of aromatic amines is 2. The molecule has 7 heterocycles. The Balaban J connectivity index is 1.01. The zero-order chi connectivity index (χ0) is 55.1. The average Bonchev–Trinajstić information content (AvgIpc) is 4.05. The van der Waals surface area contributed by atoms with E-state index in [0.29, 0.717) is 0 Å². The topological polar surface area (TPSA) is 549 Å². The van der Waals surface area contributed by atoms with Gasteiger partial charge in [0.25, 0.3) is 11.1 Å². The van der Waals surface area contributed by atoms with E-state index in [1.54, 1.807) is 0 Å². The second-order valence-corrected chi connectivity index (χ2v) is 21.9. The minimum absolute atomic E-state index is 0.147. The number of nitrogen functional groups attached to an aromatic ring is 3. The maximum absolute atomic E-state index is 13.6. The van der Waals surface area contributed by atoms with Crippen molar-refractivity contribution in [1.82, 2.24) is 39.0 Å². The van der Waals surface area contributed by atoms with Gasteiger partial charge in [0, 0.05) is 33.7 Å². The summed E-state index contributed by atoms with van der Waals surface area (Å²) in [6.07, 6.45) is -16.8. The van der Waals surface area contributed by atoms with Crippen LogP contribution >= 0.6 is 31.3 Å². The summed E-state index contributed by atoms with van der Waals surface area (Å²) in [6, 6.07) is 1.14. The molecule has 0 amide bonds. The Hall–Kier alpha value is -4.95. The Bertz CT molecular complexity index is 3130. The number of aliphatic hydroxyl groups is 3. The lowest BCUT2D eigenvalue weighted by molar-refractivity contribution is -0.0619. The number of aliphatic hydroxyl groups excluding tert-OH is 3. The van der Waals surface area contributed by atoms with Crippen molar-refractivity contribution >= 4 is 71.7 Å². The third-order valence-electron chi connectivity index (χ3n) is 11.1. The van der Waals surface area contributed by atoms with Crippen LogP contribution in [0.1, 0.15) is 12.5 Å². The van der Waals surface area contributed by atoms with Gasteiger partial charge in [-0.15, -0.1) is 0 Å². The fourth-order valence-corrected chi connectivity index (χ4v) is 12.4. The minimum atomic E-state index is -6.21. The summed E-state index contributed by atoms with van der Waals surface area (Å²) >= 11 is 0. The van der Waals surface area contributed by atoms with Gasteiger partial charge < -0.3 is 86.0 Å². The quantitative estimate of drug-likeness (QED) is 0.0319. The number of ether oxygens (including phenoxy) is 5. The SMILES string of the molecule is C=CN(c1nc(N)[nH]c(=O)c1NC)[C@H]1O[C@@H](COP(=O)(O)OP(=O)(O)OP(=O)(O)OC[C@H]2O[C@@H](n3ccc(N)nc3=O)[C@@H](OC)[C@H]2OP(=O)(O)OC[C@H]2O[C@@H](n3cnc4c(=O)[nH]c(N)nc43)[C@@H](O)[C@H]2O)C(OC)C1O. The highest BCUT2D eigenvalue weighted by molar-refractivity contribution is 7.66. The molecule has 3 saturated heterocycles. The van der Waals surface area contributed by atoms with Gasteiger partial charge in [-0.25, -0.2) is 28.0 Å². The molecule has 6 unspecified atom stereocenters. The molecule has 0 bridgehead atoms. The maximum Gasteiger partial charge on any atom is 0.490 e. The number of H-pyrrole nitrogens is 2. The zero-order valence-electron chi connectivity index (χ0n) is 38.7. The second-order valence-electron chi connectivity index (χ2n) is 15.9. The van der Waals surface area contributed by atoms with Crippen molar-refractivity contribution < 1.29 is 104 Å². The fraction of sp³-hybridized carbons (Fsp3) is 0.545. The van der Waals surface area contributed by atoms with Gasteiger partial charge in [0.2, 0.25) is 11.9 Å². The number of nitrogens with two attached hydrogens (primary N) is 3. The molecule has 38 nitrogen and oxygen atoms in total. The van der Waals surface area contributed by atoms with Gasteiger partial charge in [-0.3, -0.25) is 46.8 Å². The Morgan fingerprint density at radius 1 is 0.747 bits per heavy atom. The van der Waals surface area contributed by atoms with Crippen LogP contribution in [0.25, 0.3) is 11.2 Å². The van der Waals surface area contributed by atoms with Gasteiger partial charge in [-0.2, -0.15) is 23.6 Å². The van der Waals surface area contributed by atoms with Crippen molar-refractivity contribution in [2.45, 2.75) is 73.6 Å². The van der Waals surface area contributed by atoms with Crippen molar-refractivity contribution in [2.24, 2.45) is 0 Å². The third-order valence-corrected chi connectivity index (χ3v) is 16.3. The molecule has 42 heteroatoms. The smallest absolute Gasteiger partial charge is 0.387 e. The van der Waals surface area contributed by atoms with Crippen molar-refractivity contribution in [1.29, 1.82) is 0 Å². The Kier molecular flexibility index (Phi) is 17.4. The molecular formula is C33H49N13O25P4. The number of hydrogen-bond acceptors (Lipinski definition) is 30. The van der Waals surface area contributed by atoms with Gasteiger partial charge in [0.05, 0.1) is 26.1 Å². The predicted octanol–water partition coefficient (Wildman–Crippen LogP) is -3.60.